The largest absolute Gasteiger partial charge is 0.344 e. The van der Waals surface area contributed by atoms with Gasteiger partial charge in [-0.25, -0.2) is 0 Å². The second-order valence-corrected chi connectivity index (χ2v) is 2.92. The van der Waals surface area contributed by atoms with E-state index in [1.165, 1.54) is 0 Å². The van der Waals surface area contributed by atoms with Crippen molar-refractivity contribution in [1.82, 2.24) is 0 Å². The maximum Gasteiger partial charge on any atom is 0.192 e. The van der Waals surface area contributed by atoms with Gasteiger partial charge in [-0.2, -0.15) is 0 Å². The molecule has 0 N–H and O–H groups in total. The van der Waals surface area contributed by atoms with Crippen LogP contribution in [0.15, 0.2) is 24.3 Å². The van der Waals surface area contributed by atoms with Gasteiger partial charge in [0.1, 0.15) is 0 Å². The van der Waals surface area contributed by atoms with Crippen LogP contribution in [0.4, 0.5) is 0 Å². The molecular weight excluding hydrogens is 152 g/mol. The highest BCUT2D eigenvalue weighted by Crippen LogP contribution is 2.29. The molecule has 2 nitrogen and oxygen atoms in total. The van der Waals surface area contributed by atoms with Gasteiger partial charge in [0.2, 0.25) is 0 Å². The van der Waals surface area contributed by atoms with Crippen LogP contribution in [0.25, 0.3) is 0 Å². The fourth-order valence-electron chi connectivity index (χ4n) is 1.35. The minimum Gasteiger partial charge on any atom is -0.344 e. The number of rotatable bonds is 1. The zero-order chi connectivity index (χ0) is 8.44. The van der Waals surface area contributed by atoms with Gasteiger partial charge in [-0.1, -0.05) is 24.3 Å². The lowest BCUT2D eigenvalue weighted by molar-refractivity contribution is -0.149. The van der Waals surface area contributed by atoms with Gasteiger partial charge in [-0.3, -0.25) is 0 Å². The Morgan fingerprint density at radius 3 is 2.67 bits per heavy atom. The van der Waals surface area contributed by atoms with Gasteiger partial charge in [-0.15, -0.1) is 0 Å². The monoisotopic (exact) mass is 163 g/mol. The molecule has 1 aliphatic heterocycles. The molecule has 1 aromatic rings. The Balaban J connectivity index is 2.29. The van der Waals surface area contributed by atoms with Gasteiger partial charge in [0, 0.05) is 5.56 Å². The topological polar surface area (TPSA) is 18.5 Å². The van der Waals surface area contributed by atoms with Gasteiger partial charge in [0.15, 0.2) is 5.79 Å². The Morgan fingerprint density at radius 2 is 2.08 bits per heavy atom. The van der Waals surface area contributed by atoms with Crippen LogP contribution in [-0.2, 0) is 15.3 Å². The Bertz CT molecular complexity index is 250. The number of hydrogen-bond donors (Lipinski definition) is 0. The van der Waals surface area contributed by atoms with Crippen molar-refractivity contribution in [2.45, 2.75) is 12.7 Å². The van der Waals surface area contributed by atoms with E-state index in [0.29, 0.717) is 13.2 Å². The maximum absolute atomic E-state index is 5.47. The van der Waals surface area contributed by atoms with E-state index in [-0.39, 0.29) is 0 Å². The molecule has 1 heterocycles. The van der Waals surface area contributed by atoms with E-state index in [0.717, 1.165) is 5.56 Å². The average Bonchev–Trinajstić information content (AvgIpc) is 2.55. The SMILES string of the molecule is CC1(c2[c]cccc2)OCCO1. The van der Waals surface area contributed by atoms with Gasteiger partial charge < -0.3 is 9.47 Å². The molecule has 2 rings (SSSR count). The maximum atomic E-state index is 5.47. The van der Waals surface area contributed by atoms with Crippen molar-refractivity contribution in [1.29, 1.82) is 0 Å². The van der Waals surface area contributed by atoms with Crippen molar-refractivity contribution in [2.75, 3.05) is 13.2 Å². The predicted molar refractivity (Wildman–Crippen MR) is 44.5 cm³/mol. The van der Waals surface area contributed by atoms with Gasteiger partial charge in [0.25, 0.3) is 0 Å². The summed E-state index contributed by atoms with van der Waals surface area (Å²) in [6.45, 7) is 3.25. The molecule has 0 bridgehead atoms. The van der Waals surface area contributed by atoms with Crippen LogP contribution in [0.3, 0.4) is 0 Å². The molecule has 0 saturated carbocycles. The van der Waals surface area contributed by atoms with Crippen LogP contribution in [0.1, 0.15) is 12.5 Å². The summed E-state index contributed by atoms with van der Waals surface area (Å²) >= 11 is 0. The summed E-state index contributed by atoms with van der Waals surface area (Å²) in [4.78, 5) is 0. The van der Waals surface area contributed by atoms with Gasteiger partial charge >= 0.3 is 0 Å². The van der Waals surface area contributed by atoms with Gasteiger partial charge in [-0.05, 0) is 13.0 Å². The molecule has 12 heavy (non-hydrogen) atoms. The Hall–Kier alpha value is -0.860. The van der Waals surface area contributed by atoms with Crippen LogP contribution in [0.5, 0.6) is 0 Å². The van der Waals surface area contributed by atoms with Crippen molar-refractivity contribution in [3.63, 3.8) is 0 Å². The molecular formula is C10H11O2. The molecule has 0 unspecified atom stereocenters. The highest BCUT2D eigenvalue weighted by molar-refractivity contribution is 5.18. The van der Waals surface area contributed by atoms with Crippen LogP contribution >= 0.6 is 0 Å². The standard InChI is InChI=1S/C10H11O2/c1-10(11-7-8-12-10)9-5-3-2-4-6-9/h2-5H,7-8H2,1H3. The summed E-state index contributed by atoms with van der Waals surface area (Å²) in [6.07, 6.45) is 0. The van der Waals surface area contributed by atoms with Crippen LogP contribution < -0.4 is 0 Å². The highest BCUT2D eigenvalue weighted by Gasteiger charge is 2.32. The first-order valence-electron chi connectivity index (χ1n) is 4.06. The van der Waals surface area contributed by atoms with Crippen molar-refractivity contribution in [2.24, 2.45) is 0 Å². The summed E-state index contributed by atoms with van der Waals surface area (Å²) < 4.78 is 10.9. The molecule has 0 atom stereocenters. The summed E-state index contributed by atoms with van der Waals surface area (Å²) in [5.41, 5.74) is 0.961. The first-order valence-corrected chi connectivity index (χ1v) is 4.06. The minimum atomic E-state index is -0.568. The Morgan fingerprint density at radius 1 is 1.33 bits per heavy atom. The third-order valence-electron chi connectivity index (χ3n) is 2.04. The number of hydrogen-bond acceptors (Lipinski definition) is 2. The Kier molecular flexibility index (Phi) is 1.87. The quantitative estimate of drug-likeness (QED) is 0.627. The molecule has 1 fully saturated rings. The molecule has 1 aromatic carbocycles. The second-order valence-electron chi connectivity index (χ2n) is 2.92. The third-order valence-corrected chi connectivity index (χ3v) is 2.04. The van der Waals surface area contributed by atoms with E-state index in [2.05, 4.69) is 6.07 Å². The molecule has 1 radical (unpaired) electrons. The van der Waals surface area contributed by atoms with E-state index in [1.807, 2.05) is 31.2 Å². The molecule has 0 spiro atoms. The van der Waals surface area contributed by atoms with E-state index >= 15 is 0 Å². The first-order chi connectivity index (χ1) is 5.81. The highest BCUT2D eigenvalue weighted by atomic mass is 16.7. The van der Waals surface area contributed by atoms with E-state index in [9.17, 15) is 0 Å². The van der Waals surface area contributed by atoms with Crippen molar-refractivity contribution < 1.29 is 9.47 Å². The third kappa shape index (κ3) is 1.24. The fraction of sp³-hybridized carbons (Fsp3) is 0.400. The van der Waals surface area contributed by atoms with Crippen molar-refractivity contribution >= 4 is 0 Å². The summed E-state index contributed by atoms with van der Waals surface area (Å²) in [6, 6.07) is 10.8. The van der Waals surface area contributed by atoms with E-state index in [1.54, 1.807) is 0 Å². The summed E-state index contributed by atoms with van der Waals surface area (Å²) in [5.74, 6) is -0.568. The summed E-state index contributed by atoms with van der Waals surface area (Å²) in [5, 5.41) is 0. The zero-order valence-corrected chi connectivity index (χ0v) is 7.04. The minimum absolute atomic E-state index is 0.568. The zero-order valence-electron chi connectivity index (χ0n) is 7.04. The van der Waals surface area contributed by atoms with Crippen LogP contribution in [0.2, 0.25) is 0 Å². The van der Waals surface area contributed by atoms with Gasteiger partial charge in [0.05, 0.1) is 13.2 Å². The molecule has 0 aromatic heterocycles. The van der Waals surface area contributed by atoms with Crippen molar-refractivity contribution in [3.05, 3.63) is 35.9 Å². The molecule has 1 saturated heterocycles. The Labute approximate surface area is 72.1 Å². The number of ether oxygens (including phenoxy) is 2. The molecule has 2 heteroatoms. The van der Waals surface area contributed by atoms with Crippen LogP contribution in [-0.4, -0.2) is 13.2 Å². The lowest BCUT2D eigenvalue weighted by Gasteiger charge is -2.21. The van der Waals surface area contributed by atoms with E-state index in [4.69, 9.17) is 9.47 Å². The molecule has 1 aliphatic rings. The molecule has 63 valence electrons. The fourth-order valence-corrected chi connectivity index (χ4v) is 1.35. The summed E-state index contributed by atoms with van der Waals surface area (Å²) in [7, 11) is 0. The van der Waals surface area contributed by atoms with E-state index < -0.39 is 5.79 Å². The lowest BCUT2D eigenvalue weighted by Crippen LogP contribution is -2.22. The molecule has 0 aliphatic carbocycles. The van der Waals surface area contributed by atoms with Crippen molar-refractivity contribution in [3.8, 4) is 0 Å². The number of benzene rings is 1. The second kappa shape index (κ2) is 2.88. The lowest BCUT2D eigenvalue weighted by atomic mass is 10.1. The normalized spacial score (nSPS) is 21.1. The average molecular weight is 163 g/mol. The molecule has 0 amide bonds. The first kappa shape index (κ1) is 7.77. The van der Waals surface area contributed by atoms with Crippen LogP contribution in [0, 0.1) is 6.07 Å². The predicted octanol–water partition coefficient (Wildman–Crippen LogP) is 1.71. The smallest absolute Gasteiger partial charge is 0.192 e.